The number of hydrogen-bond acceptors (Lipinski definition) is 3. The predicted octanol–water partition coefficient (Wildman–Crippen LogP) is 2.80. The van der Waals surface area contributed by atoms with E-state index in [1.165, 1.54) is 38.5 Å². The molecule has 1 aromatic rings. The van der Waals surface area contributed by atoms with E-state index >= 15 is 0 Å². The van der Waals surface area contributed by atoms with Gasteiger partial charge in [0.25, 0.3) is 0 Å². The van der Waals surface area contributed by atoms with Crippen LogP contribution in [-0.4, -0.2) is 11.2 Å². The number of nitrogens with zero attached hydrogens (tertiary/aromatic N) is 1. The number of hydrogen-bond donors (Lipinski definition) is 1. The summed E-state index contributed by atoms with van der Waals surface area (Å²) in [6.45, 7) is 2.78. The quantitative estimate of drug-likeness (QED) is 0.776. The molecule has 0 atom stereocenters. The highest BCUT2D eigenvalue weighted by Gasteiger charge is 2.11. The normalized spacial score (nSPS) is 19.0. The van der Waals surface area contributed by atoms with E-state index in [9.17, 15) is 0 Å². The summed E-state index contributed by atoms with van der Waals surface area (Å²) >= 11 is 0. The van der Waals surface area contributed by atoms with E-state index < -0.39 is 0 Å². The highest BCUT2D eigenvalue weighted by atomic mass is 16.5. The van der Waals surface area contributed by atoms with Crippen molar-refractivity contribution < 1.29 is 4.52 Å². The van der Waals surface area contributed by atoms with Crippen molar-refractivity contribution in [3.63, 3.8) is 0 Å². The minimum Gasteiger partial charge on any atom is -0.361 e. The molecule has 0 amide bonds. The molecule has 0 aromatic carbocycles. The van der Waals surface area contributed by atoms with Crippen molar-refractivity contribution in [3.05, 3.63) is 17.5 Å². The molecule has 1 aliphatic rings. The SMILES string of the molecule is Cc1cc(CNC2CCCCCC2)no1. The maximum absolute atomic E-state index is 5.04. The molecule has 0 radical (unpaired) electrons. The second-order valence-electron chi connectivity index (χ2n) is 4.50. The van der Waals surface area contributed by atoms with E-state index in [2.05, 4.69) is 10.5 Å². The third-order valence-corrected chi connectivity index (χ3v) is 3.10. The van der Waals surface area contributed by atoms with E-state index in [-0.39, 0.29) is 0 Å². The van der Waals surface area contributed by atoms with Gasteiger partial charge in [-0.3, -0.25) is 0 Å². The van der Waals surface area contributed by atoms with Gasteiger partial charge < -0.3 is 9.84 Å². The highest BCUT2D eigenvalue weighted by molar-refractivity contribution is 5.03. The monoisotopic (exact) mass is 208 g/mol. The van der Waals surface area contributed by atoms with Gasteiger partial charge in [-0.25, -0.2) is 0 Å². The van der Waals surface area contributed by atoms with E-state index in [0.29, 0.717) is 6.04 Å². The van der Waals surface area contributed by atoms with Crippen molar-refractivity contribution in [2.75, 3.05) is 0 Å². The molecule has 15 heavy (non-hydrogen) atoms. The molecule has 0 saturated heterocycles. The average molecular weight is 208 g/mol. The number of nitrogens with one attached hydrogen (secondary N) is 1. The summed E-state index contributed by atoms with van der Waals surface area (Å²) in [6.07, 6.45) is 8.18. The fourth-order valence-electron chi connectivity index (χ4n) is 2.23. The molecule has 1 fully saturated rings. The van der Waals surface area contributed by atoms with Crippen LogP contribution >= 0.6 is 0 Å². The fraction of sp³-hybridized carbons (Fsp3) is 0.750. The number of rotatable bonds is 3. The second-order valence-corrected chi connectivity index (χ2v) is 4.50. The zero-order valence-electron chi connectivity index (χ0n) is 9.46. The lowest BCUT2D eigenvalue weighted by atomic mass is 10.1. The largest absolute Gasteiger partial charge is 0.361 e. The van der Waals surface area contributed by atoms with Gasteiger partial charge in [-0.2, -0.15) is 0 Å². The van der Waals surface area contributed by atoms with Gasteiger partial charge in [0.05, 0.1) is 5.69 Å². The maximum Gasteiger partial charge on any atom is 0.133 e. The Morgan fingerprint density at radius 3 is 2.67 bits per heavy atom. The Morgan fingerprint density at radius 1 is 1.33 bits per heavy atom. The summed E-state index contributed by atoms with van der Waals surface area (Å²) < 4.78 is 5.04. The van der Waals surface area contributed by atoms with Crippen LogP contribution < -0.4 is 5.32 Å². The van der Waals surface area contributed by atoms with Gasteiger partial charge in [-0.15, -0.1) is 0 Å². The molecule has 1 N–H and O–H groups in total. The fourth-order valence-corrected chi connectivity index (χ4v) is 2.23. The molecule has 1 aliphatic carbocycles. The van der Waals surface area contributed by atoms with Gasteiger partial charge in [0.2, 0.25) is 0 Å². The molecular weight excluding hydrogens is 188 g/mol. The van der Waals surface area contributed by atoms with Crippen molar-refractivity contribution in [2.24, 2.45) is 0 Å². The van der Waals surface area contributed by atoms with Crippen molar-refractivity contribution in [2.45, 2.75) is 58.0 Å². The summed E-state index contributed by atoms with van der Waals surface area (Å²) in [4.78, 5) is 0. The zero-order valence-corrected chi connectivity index (χ0v) is 9.46. The zero-order chi connectivity index (χ0) is 10.5. The summed E-state index contributed by atoms with van der Waals surface area (Å²) in [5, 5.41) is 7.55. The average Bonchev–Trinajstić information content (AvgIpc) is 2.52. The van der Waals surface area contributed by atoms with Crippen molar-refractivity contribution in [3.8, 4) is 0 Å². The van der Waals surface area contributed by atoms with Gasteiger partial charge in [-0.05, 0) is 19.8 Å². The number of aromatic nitrogens is 1. The molecule has 0 aliphatic heterocycles. The first-order valence-corrected chi connectivity index (χ1v) is 6.00. The lowest BCUT2D eigenvalue weighted by molar-refractivity contribution is 0.382. The molecule has 0 spiro atoms. The summed E-state index contributed by atoms with van der Waals surface area (Å²) in [7, 11) is 0. The summed E-state index contributed by atoms with van der Waals surface area (Å²) in [5.74, 6) is 0.896. The molecular formula is C12H20N2O. The van der Waals surface area contributed by atoms with E-state index in [1.54, 1.807) is 0 Å². The topological polar surface area (TPSA) is 38.1 Å². The van der Waals surface area contributed by atoms with Crippen LogP contribution in [0.15, 0.2) is 10.6 Å². The van der Waals surface area contributed by atoms with Crippen molar-refractivity contribution in [1.82, 2.24) is 10.5 Å². The van der Waals surface area contributed by atoms with Crippen LogP contribution in [0, 0.1) is 6.92 Å². The minimum absolute atomic E-state index is 0.685. The molecule has 3 heteroatoms. The van der Waals surface area contributed by atoms with E-state index in [0.717, 1.165) is 18.0 Å². The lowest BCUT2D eigenvalue weighted by Crippen LogP contribution is -2.27. The Hall–Kier alpha value is -0.830. The van der Waals surface area contributed by atoms with Crippen LogP contribution in [0.3, 0.4) is 0 Å². The van der Waals surface area contributed by atoms with Crippen LogP contribution in [0.4, 0.5) is 0 Å². The minimum atomic E-state index is 0.685. The van der Waals surface area contributed by atoms with E-state index in [1.807, 2.05) is 13.0 Å². The van der Waals surface area contributed by atoms with Crippen LogP contribution in [0.1, 0.15) is 50.0 Å². The van der Waals surface area contributed by atoms with Gasteiger partial charge in [0.15, 0.2) is 0 Å². The first-order valence-electron chi connectivity index (χ1n) is 6.00. The summed E-state index contributed by atoms with van der Waals surface area (Å²) in [6, 6.07) is 2.69. The maximum atomic E-state index is 5.04. The third-order valence-electron chi connectivity index (χ3n) is 3.10. The van der Waals surface area contributed by atoms with Gasteiger partial charge in [-0.1, -0.05) is 30.8 Å². The smallest absolute Gasteiger partial charge is 0.133 e. The Labute approximate surface area is 91.2 Å². The Morgan fingerprint density at radius 2 is 2.07 bits per heavy atom. The third kappa shape index (κ3) is 3.34. The Kier molecular flexibility index (Phi) is 3.78. The molecule has 1 aromatic heterocycles. The van der Waals surface area contributed by atoms with Crippen molar-refractivity contribution in [1.29, 1.82) is 0 Å². The Bertz CT molecular complexity index is 288. The lowest BCUT2D eigenvalue weighted by Gasteiger charge is -2.14. The van der Waals surface area contributed by atoms with Crippen LogP contribution in [0.2, 0.25) is 0 Å². The Balaban J connectivity index is 1.76. The first-order chi connectivity index (χ1) is 7.34. The van der Waals surface area contributed by atoms with Crippen LogP contribution in [0.5, 0.6) is 0 Å². The highest BCUT2D eigenvalue weighted by Crippen LogP contribution is 2.17. The summed E-state index contributed by atoms with van der Waals surface area (Å²) in [5.41, 5.74) is 1.02. The van der Waals surface area contributed by atoms with Gasteiger partial charge in [0, 0.05) is 18.7 Å². The molecule has 1 saturated carbocycles. The molecule has 3 nitrogen and oxygen atoms in total. The standard InChI is InChI=1S/C12H20N2O/c1-10-8-12(14-15-10)9-13-11-6-4-2-3-5-7-11/h8,11,13H,2-7,9H2,1H3. The first kappa shape index (κ1) is 10.7. The van der Waals surface area contributed by atoms with Gasteiger partial charge in [0.1, 0.15) is 5.76 Å². The predicted molar refractivity (Wildman–Crippen MR) is 59.6 cm³/mol. The number of aryl methyl sites for hydroxylation is 1. The molecule has 84 valence electrons. The molecule has 0 bridgehead atoms. The molecule has 0 unspecified atom stereocenters. The van der Waals surface area contributed by atoms with Crippen LogP contribution in [-0.2, 0) is 6.54 Å². The van der Waals surface area contributed by atoms with Gasteiger partial charge >= 0.3 is 0 Å². The van der Waals surface area contributed by atoms with Crippen LogP contribution in [0.25, 0.3) is 0 Å². The molecule has 2 rings (SSSR count). The second kappa shape index (κ2) is 5.31. The van der Waals surface area contributed by atoms with Crippen molar-refractivity contribution >= 4 is 0 Å². The van der Waals surface area contributed by atoms with E-state index in [4.69, 9.17) is 4.52 Å². The molecule has 1 heterocycles.